The van der Waals surface area contributed by atoms with E-state index in [-0.39, 0.29) is 23.5 Å². The molecular formula is C22H21F3N4O. The molecule has 5 nitrogen and oxygen atoms in total. The van der Waals surface area contributed by atoms with Gasteiger partial charge < -0.3 is 10.2 Å². The molecule has 3 aromatic rings. The Morgan fingerprint density at radius 1 is 1.10 bits per heavy atom. The van der Waals surface area contributed by atoms with Crippen molar-refractivity contribution >= 4 is 5.91 Å². The Balaban J connectivity index is 1.66. The third kappa shape index (κ3) is 4.09. The highest BCUT2D eigenvalue weighted by atomic mass is 19.4. The molecule has 0 unspecified atom stereocenters. The fourth-order valence-electron chi connectivity index (χ4n) is 3.80. The zero-order chi connectivity index (χ0) is 21.1. The first kappa shape index (κ1) is 20.2. The van der Waals surface area contributed by atoms with Crippen molar-refractivity contribution < 1.29 is 18.0 Å². The van der Waals surface area contributed by atoms with E-state index >= 15 is 0 Å². The van der Waals surface area contributed by atoms with Gasteiger partial charge in [0.1, 0.15) is 0 Å². The summed E-state index contributed by atoms with van der Waals surface area (Å²) < 4.78 is 41.7. The number of nitrogens with zero attached hydrogens (tertiary/aromatic N) is 3. The van der Waals surface area contributed by atoms with Crippen LogP contribution in [-0.2, 0) is 12.6 Å². The number of benzene rings is 2. The predicted octanol–water partition coefficient (Wildman–Crippen LogP) is 3.55. The second-order valence-electron chi connectivity index (χ2n) is 7.18. The SMILES string of the molecule is O=C(c1nccn1-c1ccccc1C(F)(F)F)N1CCNC[C@H]1Cc1ccccc1. The van der Waals surface area contributed by atoms with Crippen molar-refractivity contribution in [2.45, 2.75) is 18.6 Å². The molecule has 1 aliphatic rings. The van der Waals surface area contributed by atoms with Crippen LogP contribution in [0.2, 0.25) is 0 Å². The quantitative estimate of drug-likeness (QED) is 0.711. The van der Waals surface area contributed by atoms with Gasteiger partial charge in [-0.3, -0.25) is 9.36 Å². The number of aromatic nitrogens is 2. The standard InChI is InChI=1S/C22H21F3N4O/c23-22(24,25)18-8-4-5-9-19(18)29-13-11-27-20(29)21(30)28-12-10-26-15-17(28)14-16-6-2-1-3-7-16/h1-9,11,13,17,26H,10,12,14-15H2/t17-/m1/s1. The van der Waals surface area contributed by atoms with Crippen molar-refractivity contribution in [1.29, 1.82) is 0 Å². The Morgan fingerprint density at radius 2 is 1.83 bits per heavy atom. The second kappa shape index (κ2) is 8.31. The van der Waals surface area contributed by atoms with Crippen LogP contribution in [0.4, 0.5) is 13.2 Å². The fraction of sp³-hybridized carbons (Fsp3) is 0.273. The van der Waals surface area contributed by atoms with Crippen molar-refractivity contribution in [2.75, 3.05) is 19.6 Å². The molecule has 1 saturated heterocycles. The number of hydrogen-bond acceptors (Lipinski definition) is 3. The molecule has 4 rings (SSSR count). The lowest BCUT2D eigenvalue weighted by Crippen LogP contribution is -2.54. The van der Waals surface area contributed by atoms with Crippen LogP contribution >= 0.6 is 0 Å². The summed E-state index contributed by atoms with van der Waals surface area (Å²) in [6.07, 6.45) is -1.13. The van der Waals surface area contributed by atoms with E-state index in [0.29, 0.717) is 26.1 Å². The molecule has 2 heterocycles. The lowest BCUT2D eigenvalue weighted by molar-refractivity contribution is -0.137. The van der Waals surface area contributed by atoms with Crippen molar-refractivity contribution in [3.63, 3.8) is 0 Å². The maximum absolute atomic E-state index is 13.5. The molecule has 2 aromatic carbocycles. The number of halogens is 3. The molecule has 8 heteroatoms. The minimum absolute atomic E-state index is 0.0216. The van der Waals surface area contributed by atoms with Gasteiger partial charge in [-0.25, -0.2) is 4.98 Å². The zero-order valence-electron chi connectivity index (χ0n) is 16.1. The van der Waals surface area contributed by atoms with Crippen molar-refractivity contribution in [3.05, 3.63) is 83.9 Å². The summed E-state index contributed by atoms with van der Waals surface area (Å²) in [7, 11) is 0. The molecule has 0 radical (unpaired) electrons. The summed E-state index contributed by atoms with van der Waals surface area (Å²) in [5.41, 5.74) is 0.175. The molecule has 156 valence electrons. The van der Waals surface area contributed by atoms with Gasteiger partial charge in [0.15, 0.2) is 0 Å². The first-order chi connectivity index (χ1) is 14.4. The summed E-state index contributed by atoms with van der Waals surface area (Å²) in [5, 5.41) is 3.29. The molecule has 0 aliphatic carbocycles. The van der Waals surface area contributed by atoms with Crippen LogP contribution in [0.5, 0.6) is 0 Å². The molecule has 0 spiro atoms. The van der Waals surface area contributed by atoms with Crippen LogP contribution in [0.25, 0.3) is 5.69 Å². The van der Waals surface area contributed by atoms with E-state index in [9.17, 15) is 18.0 Å². The summed E-state index contributed by atoms with van der Waals surface area (Å²) in [6.45, 7) is 1.70. The number of carbonyl (C=O) groups is 1. The third-order valence-corrected chi connectivity index (χ3v) is 5.23. The molecule has 0 saturated carbocycles. The third-order valence-electron chi connectivity index (χ3n) is 5.23. The molecule has 1 aliphatic heterocycles. The van der Waals surface area contributed by atoms with Crippen LogP contribution in [0.15, 0.2) is 67.0 Å². The largest absolute Gasteiger partial charge is 0.418 e. The van der Waals surface area contributed by atoms with Gasteiger partial charge in [0.25, 0.3) is 5.91 Å². The maximum atomic E-state index is 13.5. The molecule has 30 heavy (non-hydrogen) atoms. The smallest absolute Gasteiger partial charge is 0.330 e. The van der Waals surface area contributed by atoms with Gasteiger partial charge in [0, 0.05) is 38.1 Å². The maximum Gasteiger partial charge on any atom is 0.418 e. The number of piperazine rings is 1. The second-order valence-corrected chi connectivity index (χ2v) is 7.18. The van der Waals surface area contributed by atoms with Gasteiger partial charge >= 0.3 is 6.18 Å². The summed E-state index contributed by atoms with van der Waals surface area (Å²) in [6, 6.07) is 14.9. The minimum Gasteiger partial charge on any atom is -0.330 e. The number of para-hydroxylation sites is 1. The average Bonchev–Trinajstić information content (AvgIpc) is 3.24. The predicted molar refractivity (Wildman–Crippen MR) is 106 cm³/mol. The fourth-order valence-corrected chi connectivity index (χ4v) is 3.80. The van der Waals surface area contributed by atoms with Crippen LogP contribution in [-0.4, -0.2) is 46.0 Å². The van der Waals surface area contributed by atoms with Gasteiger partial charge in [-0.05, 0) is 24.1 Å². The van der Waals surface area contributed by atoms with Gasteiger partial charge in [-0.2, -0.15) is 13.2 Å². The van der Waals surface area contributed by atoms with E-state index < -0.39 is 11.7 Å². The van der Waals surface area contributed by atoms with Crippen LogP contribution in [0.3, 0.4) is 0 Å². The minimum atomic E-state index is -4.54. The van der Waals surface area contributed by atoms with Gasteiger partial charge in [0.05, 0.1) is 11.3 Å². The number of carbonyl (C=O) groups excluding carboxylic acids is 1. The van der Waals surface area contributed by atoms with Crippen molar-refractivity contribution in [2.24, 2.45) is 0 Å². The summed E-state index contributed by atoms with van der Waals surface area (Å²) in [5.74, 6) is -0.397. The van der Waals surface area contributed by atoms with E-state index in [1.165, 1.54) is 35.2 Å². The Labute approximate surface area is 172 Å². The lowest BCUT2D eigenvalue weighted by Gasteiger charge is -2.36. The highest BCUT2D eigenvalue weighted by molar-refractivity contribution is 5.92. The lowest BCUT2D eigenvalue weighted by atomic mass is 10.0. The number of amides is 1. The van der Waals surface area contributed by atoms with Crippen molar-refractivity contribution in [1.82, 2.24) is 19.8 Å². The molecule has 1 atom stereocenters. The van der Waals surface area contributed by atoms with E-state index in [2.05, 4.69) is 10.3 Å². The number of nitrogens with one attached hydrogen (secondary N) is 1. The van der Waals surface area contributed by atoms with Crippen LogP contribution in [0.1, 0.15) is 21.7 Å². The zero-order valence-corrected chi connectivity index (χ0v) is 16.1. The molecule has 1 aromatic heterocycles. The first-order valence-electron chi connectivity index (χ1n) is 9.70. The Kier molecular flexibility index (Phi) is 5.59. The molecule has 1 fully saturated rings. The van der Waals surface area contributed by atoms with E-state index in [4.69, 9.17) is 0 Å². The highest BCUT2D eigenvalue weighted by Gasteiger charge is 2.35. The Hall–Kier alpha value is -3.13. The number of alkyl halides is 3. The number of imidazole rings is 1. The van der Waals surface area contributed by atoms with E-state index in [0.717, 1.165) is 11.6 Å². The Bertz CT molecular complexity index is 1020. The molecular weight excluding hydrogens is 393 g/mol. The van der Waals surface area contributed by atoms with Crippen LogP contribution in [0, 0.1) is 0 Å². The Morgan fingerprint density at radius 3 is 2.60 bits per heavy atom. The molecule has 1 amide bonds. The highest BCUT2D eigenvalue weighted by Crippen LogP contribution is 2.34. The topological polar surface area (TPSA) is 50.2 Å². The molecule has 0 bridgehead atoms. The summed E-state index contributed by atoms with van der Waals surface area (Å²) in [4.78, 5) is 19.2. The van der Waals surface area contributed by atoms with E-state index in [1.54, 1.807) is 4.90 Å². The normalized spacial score (nSPS) is 17.2. The van der Waals surface area contributed by atoms with Gasteiger partial charge in [-0.1, -0.05) is 42.5 Å². The number of rotatable bonds is 4. The van der Waals surface area contributed by atoms with Crippen molar-refractivity contribution in [3.8, 4) is 5.69 Å². The van der Waals surface area contributed by atoms with Gasteiger partial charge in [-0.15, -0.1) is 0 Å². The number of hydrogen-bond donors (Lipinski definition) is 1. The average molecular weight is 414 g/mol. The van der Waals surface area contributed by atoms with Gasteiger partial charge in [0.2, 0.25) is 5.82 Å². The molecule has 1 N–H and O–H groups in total. The summed E-state index contributed by atoms with van der Waals surface area (Å²) >= 11 is 0. The van der Waals surface area contributed by atoms with Crippen LogP contribution < -0.4 is 5.32 Å². The van der Waals surface area contributed by atoms with E-state index in [1.807, 2.05) is 30.3 Å². The first-order valence-corrected chi connectivity index (χ1v) is 9.70. The monoisotopic (exact) mass is 414 g/mol.